The molecule has 0 saturated heterocycles. The van der Waals surface area contributed by atoms with Crippen molar-refractivity contribution in [1.29, 1.82) is 5.26 Å². The van der Waals surface area contributed by atoms with E-state index in [0.717, 1.165) is 5.56 Å². The van der Waals surface area contributed by atoms with E-state index in [1.165, 1.54) is 0 Å². The minimum Gasteiger partial charge on any atom is -0.464 e. The van der Waals surface area contributed by atoms with E-state index >= 15 is 0 Å². The second kappa shape index (κ2) is 7.07. The van der Waals surface area contributed by atoms with E-state index < -0.39 is 12.0 Å². The minimum absolute atomic E-state index is 0.123. The molecule has 0 bridgehead atoms. The largest absolute Gasteiger partial charge is 0.464 e. The van der Waals surface area contributed by atoms with Gasteiger partial charge in [0.1, 0.15) is 0 Å². The van der Waals surface area contributed by atoms with Crippen LogP contribution in [0.5, 0.6) is 0 Å². The Balaban J connectivity index is 2.53. The van der Waals surface area contributed by atoms with Crippen LogP contribution in [0, 0.1) is 11.3 Å². The topological polar surface area (TPSA) is 79.2 Å². The number of carbonyl (C=O) groups excluding carboxylic acids is 2. The molecule has 1 amide bonds. The van der Waals surface area contributed by atoms with Crippen LogP contribution in [-0.4, -0.2) is 24.5 Å². The van der Waals surface area contributed by atoms with Gasteiger partial charge < -0.3 is 10.1 Å². The molecule has 0 unspecified atom stereocenters. The number of nitriles is 1. The molecule has 0 radical (unpaired) electrons. The first-order chi connectivity index (χ1) is 8.67. The maximum absolute atomic E-state index is 11.6. The lowest BCUT2D eigenvalue weighted by atomic mass is 10.1. The van der Waals surface area contributed by atoms with Crippen molar-refractivity contribution in [2.24, 2.45) is 0 Å². The van der Waals surface area contributed by atoms with Crippen LogP contribution in [0.4, 0.5) is 0 Å². The van der Waals surface area contributed by atoms with Gasteiger partial charge in [-0.25, -0.2) is 4.79 Å². The summed E-state index contributed by atoms with van der Waals surface area (Å²) in [7, 11) is 0. The van der Waals surface area contributed by atoms with E-state index in [4.69, 9.17) is 5.26 Å². The van der Waals surface area contributed by atoms with Crippen molar-refractivity contribution in [1.82, 2.24) is 5.32 Å². The molecule has 18 heavy (non-hydrogen) atoms. The molecule has 1 aromatic carbocycles. The van der Waals surface area contributed by atoms with Gasteiger partial charge in [-0.2, -0.15) is 5.26 Å². The van der Waals surface area contributed by atoms with Gasteiger partial charge >= 0.3 is 5.97 Å². The predicted octanol–water partition coefficient (Wildman–Crippen LogP) is 0.801. The molecule has 0 aromatic heterocycles. The van der Waals surface area contributed by atoms with Gasteiger partial charge in [0.15, 0.2) is 0 Å². The predicted molar refractivity (Wildman–Crippen MR) is 64.3 cm³/mol. The second-order valence-corrected chi connectivity index (χ2v) is 3.54. The Labute approximate surface area is 105 Å². The maximum Gasteiger partial charge on any atom is 0.343 e. The van der Waals surface area contributed by atoms with Crippen molar-refractivity contribution >= 4 is 11.9 Å². The highest BCUT2D eigenvalue weighted by Crippen LogP contribution is 2.00. The Morgan fingerprint density at radius 3 is 2.61 bits per heavy atom. The van der Waals surface area contributed by atoms with Gasteiger partial charge in [0.25, 0.3) is 0 Å². The van der Waals surface area contributed by atoms with Gasteiger partial charge in [-0.3, -0.25) is 4.79 Å². The first-order valence-corrected chi connectivity index (χ1v) is 5.57. The highest BCUT2D eigenvalue weighted by atomic mass is 16.5. The van der Waals surface area contributed by atoms with Gasteiger partial charge in [0, 0.05) is 0 Å². The molecule has 1 rings (SSSR count). The van der Waals surface area contributed by atoms with E-state index in [2.05, 4.69) is 10.1 Å². The van der Waals surface area contributed by atoms with Crippen LogP contribution in [0.2, 0.25) is 0 Å². The van der Waals surface area contributed by atoms with Crippen LogP contribution in [0.1, 0.15) is 12.5 Å². The first kappa shape index (κ1) is 13.7. The minimum atomic E-state index is -1.25. The highest BCUT2D eigenvalue weighted by molar-refractivity contribution is 5.87. The summed E-state index contributed by atoms with van der Waals surface area (Å²) in [5.41, 5.74) is 0.815. The number of carbonyl (C=O) groups is 2. The van der Waals surface area contributed by atoms with Crippen molar-refractivity contribution in [2.75, 3.05) is 6.61 Å². The highest BCUT2D eigenvalue weighted by Gasteiger charge is 2.21. The van der Waals surface area contributed by atoms with E-state index in [1.807, 2.05) is 18.2 Å². The van der Waals surface area contributed by atoms with E-state index in [1.54, 1.807) is 25.1 Å². The van der Waals surface area contributed by atoms with Gasteiger partial charge in [0.2, 0.25) is 11.9 Å². The molecule has 1 atom stereocenters. The Hall–Kier alpha value is -2.35. The zero-order chi connectivity index (χ0) is 13.4. The number of esters is 1. The molecule has 5 nitrogen and oxygen atoms in total. The van der Waals surface area contributed by atoms with Crippen LogP contribution in [0.3, 0.4) is 0 Å². The third-order valence-corrected chi connectivity index (χ3v) is 2.16. The third-order valence-electron chi connectivity index (χ3n) is 2.16. The zero-order valence-corrected chi connectivity index (χ0v) is 10.1. The lowest BCUT2D eigenvalue weighted by Gasteiger charge is -2.10. The average molecular weight is 246 g/mol. The van der Waals surface area contributed by atoms with E-state index in [-0.39, 0.29) is 18.9 Å². The SMILES string of the molecule is CCOC(=O)[C@H](C#N)NC(=O)Cc1ccccc1. The summed E-state index contributed by atoms with van der Waals surface area (Å²) in [6.07, 6.45) is 0.123. The molecular formula is C13H14N2O3. The molecule has 0 aliphatic rings. The Kier molecular flexibility index (Phi) is 5.39. The summed E-state index contributed by atoms with van der Waals surface area (Å²) in [5.74, 6) is -1.12. The van der Waals surface area contributed by atoms with Crippen molar-refractivity contribution in [2.45, 2.75) is 19.4 Å². The van der Waals surface area contributed by atoms with Gasteiger partial charge in [-0.1, -0.05) is 30.3 Å². The van der Waals surface area contributed by atoms with Crippen molar-refractivity contribution in [3.8, 4) is 6.07 Å². The lowest BCUT2D eigenvalue weighted by Crippen LogP contribution is -2.41. The van der Waals surface area contributed by atoms with Crippen LogP contribution < -0.4 is 5.32 Å². The Morgan fingerprint density at radius 2 is 2.06 bits per heavy atom. The number of nitrogens with one attached hydrogen (secondary N) is 1. The van der Waals surface area contributed by atoms with Crippen LogP contribution in [0.25, 0.3) is 0 Å². The molecule has 1 N–H and O–H groups in total. The van der Waals surface area contributed by atoms with E-state index in [9.17, 15) is 9.59 Å². The molecule has 0 aliphatic carbocycles. The van der Waals surface area contributed by atoms with Gasteiger partial charge in [0.05, 0.1) is 19.1 Å². The number of ether oxygens (including phenoxy) is 1. The number of hydrogen-bond acceptors (Lipinski definition) is 4. The molecular weight excluding hydrogens is 232 g/mol. The molecule has 0 fully saturated rings. The molecule has 0 heterocycles. The standard InChI is InChI=1S/C13H14N2O3/c1-2-18-13(17)11(9-14)15-12(16)8-10-6-4-3-5-7-10/h3-7,11H,2,8H2,1H3,(H,15,16)/t11-/m0/s1. The third kappa shape index (κ3) is 4.26. The smallest absolute Gasteiger partial charge is 0.343 e. The summed E-state index contributed by atoms with van der Waals surface area (Å²) in [4.78, 5) is 22.9. The van der Waals surface area contributed by atoms with Crippen molar-refractivity contribution < 1.29 is 14.3 Å². The summed E-state index contributed by atoms with van der Waals surface area (Å²) >= 11 is 0. The summed E-state index contributed by atoms with van der Waals surface area (Å²) in [5, 5.41) is 11.1. The number of benzene rings is 1. The molecule has 1 aromatic rings. The fourth-order valence-electron chi connectivity index (χ4n) is 1.36. The molecule has 0 spiro atoms. The van der Waals surface area contributed by atoms with Crippen LogP contribution >= 0.6 is 0 Å². The lowest BCUT2D eigenvalue weighted by molar-refractivity contribution is -0.145. The summed E-state index contributed by atoms with van der Waals surface area (Å²) in [6, 6.07) is 9.52. The summed E-state index contributed by atoms with van der Waals surface area (Å²) in [6.45, 7) is 1.81. The zero-order valence-electron chi connectivity index (χ0n) is 10.1. The number of nitrogens with zero attached hydrogens (tertiary/aromatic N) is 1. The monoisotopic (exact) mass is 246 g/mol. The fourth-order valence-corrected chi connectivity index (χ4v) is 1.36. The number of rotatable bonds is 5. The van der Waals surface area contributed by atoms with Crippen LogP contribution in [0.15, 0.2) is 30.3 Å². The van der Waals surface area contributed by atoms with Crippen molar-refractivity contribution in [3.63, 3.8) is 0 Å². The molecule has 0 aliphatic heterocycles. The van der Waals surface area contributed by atoms with Crippen LogP contribution in [-0.2, 0) is 20.7 Å². The number of amides is 1. The van der Waals surface area contributed by atoms with Gasteiger partial charge in [-0.15, -0.1) is 0 Å². The Bertz CT molecular complexity index is 451. The maximum atomic E-state index is 11.6. The second-order valence-electron chi connectivity index (χ2n) is 3.54. The van der Waals surface area contributed by atoms with Crippen molar-refractivity contribution in [3.05, 3.63) is 35.9 Å². The normalized spacial score (nSPS) is 11.1. The number of hydrogen-bond donors (Lipinski definition) is 1. The molecule has 5 heteroatoms. The Morgan fingerprint density at radius 1 is 1.39 bits per heavy atom. The summed E-state index contributed by atoms with van der Waals surface area (Å²) < 4.78 is 4.67. The fraction of sp³-hybridized carbons (Fsp3) is 0.308. The quantitative estimate of drug-likeness (QED) is 0.779. The molecule has 0 saturated carbocycles. The average Bonchev–Trinajstić information content (AvgIpc) is 2.37. The molecule has 94 valence electrons. The van der Waals surface area contributed by atoms with E-state index in [0.29, 0.717) is 0 Å². The first-order valence-electron chi connectivity index (χ1n) is 5.57. The van der Waals surface area contributed by atoms with Gasteiger partial charge in [-0.05, 0) is 12.5 Å².